The van der Waals surface area contributed by atoms with Crippen LogP contribution in [0.4, 0.5) is 4.79 Å². The zero-order valence-corrected chi connectivity index (χ0v) is 12.6. The molecule has 0 saturated carbocycles. The van der Waals surface area contributed by atoms with E-state index in [1.807, 2.05) is 27.0 Å². The minimum absolute atomic E-state index is 0.0475. The Kier molecular flexibility index (Phi) is 7.82. The van der Waals surface area contributed by atoms with Crippen LogP contribution < -0.4 is 5.32 Å². The summed E-state index contributed by atoms with van der Waals surface area (Å²) in [5.74, 6) is 0.0537. The van der Waals surface area contributed by atoms with Crippen molar-refractivity contribution in [1.29, 1.82) is 0 Å². The molecule has 0 bridgehead atoms. The molecule has 0 saturated heterocycles. The first kappa shape index (κ1) is 17.1. The second-order valence-electron chi connectivity index (χ2n) is 4.81. The maximum atomic E-state index is 12.0. The molecule has 2 atom stereocenters. The van der Waals surface area contributed by atoms with E-state index in [1.54, 1.807) is 23.7 Å². The molecule has 0 aliphatic carbocycles. The number of nitrogens with one attached hydrogen (secondary N) is 1. The quantitative estimate of drug-likeness (QED) is 0.745. The summed E-state index contributed by atoms with van der Waals surface area (Å²) in [4.78, 5) is 24.3. The molecule has 2 unspecified atom stereocenters. The Morgan fingerprint density at radius 1 is 1.33 bits per heavy atom. The van der Waals surface area contributed by atoms with Gasteiger partial charge in [-0.1, -0.05) is 13.8 Å². The Balaban J connectivity index is 4.45. The topological polar surface area (TPSA) is 69.6 Å². The van der Waals surface area contributed by atoms with E-state index >= 15 is 0 Å². The second-order valence-corrected chi connectivity index (χ2v) is 5.72. The van der Waals surface area contributed by atoms with Gasteiger partial charge in [-0.25, -0.2) is 4.79 Å². The molecule has 0 aromatic heterocycles. The van der Waals surface area contributed by atoms with E-state index in [9.17, 15) is 9.59 Å². The van der Waals surface area contributed by atoms with Crippen LogP contribution in [0, 0.1) is 5.92 Å². The third-order valence-corrected chi connectivity index (χ3v) is 3.71. The standard InChI is InChI=1S/C12H24N2O3S/c1-8(2)10(6-11(15)16)13-12(17)14(4)9(3)7-18-5/h8-10H,6-7H2,1-5H3,(H,13,17)(H,15,16). The maximum Gasteiger partial charge on any atom is 0.317 e. The lowest BCUT2D eigenvalue weighted by Gasteiger charge is -2.28. The summed E-state index contributed by atoms with van der Waals surface area (Å²) in [6, 6.07) is -0.423. The average Bonchev–Trinajstić information content (AvgIpc) is 2.26. The Hall–Kier alpha value is -0.910. The van der Waals surface area contributed by atoms with Gasteiger partial charge in [-0.2, -0.15) is 11.8 Å². The highest BCUT2D eigenvalue weighted by atomic mass is 32.2. The van der Waals surface area contributed by atoms with Crippen LogP contribution in [0.15, 0.2) is 0 Å². The molecule has 0 spiro atoms. The molecule has 5 nitrogen and oxygen atoms in total. The zero-order chi connectivity index (χ0) is 14.3. The summed E-state index contributed by atoms with van der Waals surface area (Å²) in [6.45, 7) is 5.77. The number of hydrogen-bond donors (Lipinski definition) is 2. The first-order valence-electron chi connectivity index (χ1n) is 6.03. The smallest absolute Gasteiger partial charge is 0.317 e. The molecule has 0 aliphatic heterocycles. The Morgan fingerprint density at radius 2 is 1.89 bits per heavy atom. The minimum atomic E-state index is -0.895. The summed E-state index contributed by atoms with van der Waals surface area (Å²) in [5, 5.41) is 11.6. The van der Waals surface area contributed by atoms with Crippen molar-refractivity contribution in [3.8, 4) is 0 Å². The lowest BCUT2D eigenvalue weighted by atomic mass is 10.0. The fraction of sp³-hybridized carbons (Fsp3) is 0.833. The summed E-state index contributed by atoms with van der Waals surface area (Å²) < 4.78 is 0. The highest BCUT2D eigenvalue weighted by molar-refractivity contribution is 7.98. The lowest BCUT2D eigenvalue weighted by molar-refractivity contribution is -0.137. The van der Waals surface area contributed by atoms with Crippen LogP contribution in [-0.4, -0.2) is 53.1 Å². The van der Waals surface area contributed by atoms with Crippen LogP contribution in [0.3, 0.4) is 0 Å². The number of carboxylic acid groups (broad SMARTS) is 1. The van der Waals surface area contributed by atoms with E-state index in [0.29, 0.717) is 0 Å². The number of aliphatic carboxylic acids is 1. The van der Waals surface area contributed by atoms with Crippen molar-refractivity contribution >= 4 is 23.8 Å². The number of nitrogens with zero attached hydrogens (tertiary/aromatic N) is 1. The Labute approximate surface area is 113 Å². The molecule has 0 heterocycles. The Bertz CT molecular complexity index is 284. The van der Waals surface area contributed by atoms with E-state index in [-0.39, 0.29) is 30.5 Å². The summed E-state index contributed by atoms with van der Waals surface area (Å²) in [6.07, 6.45) is 1.94. The van der Waals surface area contributed by atoms with Gasteiger partial charge in [0.25, 0.3) is 0 Å². The van der Waals surface area contributed by atoms with Crippen LogP contribution >= 0.6 is 11.8 Å². The van der Waals surface area contributed by atoms with Crippen LogP contribution in [0.2, 0.25) is 0 Å². The number of rotatable bonds is 7. The zero-order valence-electron chi connectivity index (χ0n) is 11.8. The molecular formula is C12H24N2O3S. The van der Waals surface area contributed by atoms with Crippen LogP contribution in [0.25, 0.3) is 0 Å². The van der Waals surface area contributed by atoms with E-state index in [4.69, 9.17) is 5.11 Å². The van der Waals surface area contributed by atoms with E-state index < -0.39 is 5.97 Å². The number of carboxylic acids is 1. The molecule has 2 N–H and O–H groups in total. The van der Waals surface area contributed by atoms with Gasteiger partial charge >= 0.3 is 12.0 Å². The SMILES string of the molecule is CSCC(C)N(C)C(=O)NC(CC(=O)O)C(C)C. The Morgan fingerprint density at radius 3 is 2.28 bits per heavy atom. The van der Waals surface area contributed by atoms with Gasteiger partial charge in [-0.15, -0.1) is 0 Å². The second kappa shape index (κ2) is 8.24. The van der Waals surface area contributed by atoms with Crippen molar-refractivity contribution in [2.24, 2.45) is 5.92 Å². The average molecular weight is 276 g/mol. The van der Waals surface area contributed by atoms with Crippen LogP contribution in [-0.2, 0) is 4.79 Å². The molecule has 0 aromatic rings. The van der Waals surface area contributed by atoms with Gasteiger partial charge in [0.2, 0.25) is 0 Å². The van der Waals surface area contributed by atoms with Gasteiger partial charge < -0.3 is 15.3 Å². The third-order valence-electron chi connectivity index (χ3n) is 2.90. The van der Waals surface area contributed by atoms with Gasteiger partial charge in [-0.3, -0.25) is 4.79 Å². The first-order valence-corrected chi connectivity index (χ1v) is 7.43. The predicted molar refractivity (Wildman–Crippen MR) is 75.0 cm³/mol. The van der Waals surface area contributed by atoms with Gasteiger partial charge in [0.15, 0.2) is 0 Å². The number of hydrogen-bond acceptors (Lipinski definition) is 3. The van der Waals surface area contributed by atoms with Crippen molar-refractivity contribution in [2.45, 2.75) is 39.3 Å². The number of carbonyl (C=O) groups is 2. The molecule has 0 aliphatic rings. The van der Waals surface area contributed by atoms with Crippen LogP contribution in [0.1, 0.15) is 27.2 Å². The fourth-order valence-electron chi connectivity index (χ4n) is 1.46. The normalized spacial score (nSPS) is 14.1. The van der Waals surface area contributed by atoms with Crippen molar-refractivity contribution in [2.75, 3.05) is 19.1 Å². The van der Waals surface area contributed by atoms with Gasteiger partial charge in [0, 0.05) is 24.9 Å². The first-order chi connectivity index (χ1) is 8.29. The van der Waals surface area contributed by atoms with Crippen molar-refractivity contribution in [3.05, 3.63) is 0 Å². The van der Waals surface area contributed by atoms with Crippen LogP contribution in [0.5, 0.6) is 0 Å². The van der Waals surface area contributed by atoms with Crippen molar-refractivity contribution in [1.82, 2.24) is 10.2 Å². The minimum Gasteiger partial charge on any atom is -0.481 e. The number of urea groups is 1. The number of thioether (sulfide) groups is 1. The summed E-state index contributed by atoms with van der Waals surface area (Å²) >= 11 is 1.68. The maximum absolute atomic E-state index is 12.0. The monoisotopic (exact) mass is 276 g/mol. The number of amides is 2. The molecular weight excluding hydrogens is 252 g/mol. The van der Waals surface area contributed by atoms with E-state index in [0.717, 1.165) is 5.75 Å². The molecule has 6 heteroatoms. The number of carbonyl (C=O) groups excluding carboxylic acids is 1. The fourth-order valence-corrected chi connectivity index (χ4v) is 2.16. The third kappa shape index (κ3) is 6.14. The van der Waals surface area contributed by atoms with Crippen molar-refractivity contribution in [3.63, 3.8) is 0 Å². The molecule has 0 radical (unpaired) electrons. The molecule has 0 fully saturated rings. The molecule has 0 rings (SSSR count). The molecule has 2 amide bonds. The highest BCUT2D eigenvalue weighted by Crippen LogP contribution is 2.09. The van der Waals surface area contributed by atoms with E-state index in [2.05, 4.69) is 5.32 Å². The highest BCUT2D eigenvalue weighted by Gasteiger charge is 2.22. The predicted octanol–water partition coefficient (Wildman–Crippen LogP) is 1.88. The largest absolute Gasteiger partial charge is 0.481 e. The van der Waals surface area contributed by atoms with Crippen molar-refractivity contribution < 1.29 is 14.7 Å². The van der Waals surface area contributed by atoms with Gasteiger partial charge in [0.05, 0.1) is 6.42 Å². The summed E-state index contributed by atoms with van der Waals surface area (Å²) in [5.41, 5.74) is 0. The molecule has 0 aromatic carbocycles. The van der Waals surface area contributed by atoms with Gasteiger partial charge in [0.1, 0.15) is 0 Å². The molecule has 106 valence electrons. The van der Waals surface area contributed by atoms with Gasteiger partial charge in [-0.05, 0) is 19.1 Å². The lowest BCUT2D eigenvalue weighted by Crippen LogP contribution is -2.49. The summed E-state index contributed by atoms with van der Waals surface area (Å²) in [7, 11) is 1.73. The molecule has 18 heavy (non-hydrogen) atoms. The van der Waals surface area contributed by atoms with E-state index in [1.165, 1.54) is 0 Å².